The average molecular weight is 403 g/mol. The Labute approximate surface area is 171 Å². The molecule has 1 saturated heterocycles. The summed E-state index contributed by atoms with van der Waals surface area (Å²) in [6.07, 6.45) is 0.962. The molecule has 152 valence electrons. The second-order valence-electron chi connectivity index (χ2n) is 8.20. The van der Waals surface area contributed by atoms with Gasteiger partial charge in [-0.3, -0.25) is 24.3 Å². The number of fused-ring (bicyclic) bond motifs is 5. The van der Waals surface area contributed by atoms with Crippen molar-refractivity contribution in [3.63, 3.8) is 0 Å². The molecule has 1 fully saturated rings. The maximum Gasteiger partial charge on any atom is 0.275 e. The molecule has 6 bridgehead atoms. The number of nitrogens with zero attached hydrogens (tertiary/aromatic N) is 3. The molecule has 2 aromatic heterocycles. The van der Waals surface area contributed by atoms with Gasteiger partial charge in [-0.15, -0.1) is 0 Å². The first kappa shape index (κ1) is 17.5. The number of rotatable bonds is 0. The molecule has 30 heavy (non-hydrogen) atoms. The first-order valence-electron chi connectivity index (χ1n) is 10.2. The quantitative estimate of drug-likeness (QED) is 0.468. The number of H-pyrrole nitrogens is 2. The number of hydrogen-bond acceptors (Lipinski definition) is 5. The number of aryl methyl sites for hydroxylation is 1. The Balaban J connectivity index is 1.69. The van der Waals surface area contributed by atoms with E-state index in [1.807, 2.05) is 25.1 Å². The van der Waals surface area contributed by atoms with Crippen molar-refractivity contribution in [1.82, 2.24) is 24.6 Å². The van der Waals surface area contributed by atoms with Gasteiger partial charge in [0.1, 0.15) is 23.1 Å². The van der Waals surface area contributed by atoms with Gasteiger partial charge in [-0.2, -0.15) is 0 Å². The van der Waals surface area contributed by atoms with E-state index in [0.29, 0.717) is 39.8 Å². The third-order valence-electron chi connectivity index (χ3n) is 6.11. The summed E-state index contributed by atoms with van der Waals surface area (Å²) in [7, 11) is 0. The molecule has 4 heterocycles. The number of aromatic amines is 2. The highest BCUT2D eigenvalue weighted by Crippen LogP contribution is 2.30. The fraction of sp³-hybridized carbons (Fsp3) is 0.318. The van der Waals surface area contributed by atoms with Gasteiger partial charge in [0.15, 0.2) is 0 Å². The Morgan fingerprint density at radius 2 is 2.07 bits per heavy atom. The predicted octanol–water partition coefficient (Wildman–Crippen LogP) is 2.01. The molecule has 0 aliphatic carbocycles. The molecule has 4 aromatic rings. The number of benzene rings is 2. The highest BCUT2D eigenvalue weighted by atomic mass is 16.5. The van der Waals surface area contributed by atoms with Gasteiger partial charge in [0.25, 0.3) is 11.1 Å². The zero-order chi connectivity index (χ0) is 20.4. The van der Waals surface area contributed by atoms with Gasteiger partial charge in [-0.05, 0) is 37.1 Å². The monoisotopic (exact) mass is 403 g/mol. The number of nitrogens with one attached hydrogen (secondary N) is 2. The van der Waals surface area contributed by atoms with Crippen LogP contribution in [0.1, 0.15) is 12.0 Å². The van der Waals surface area contributed by atoms with E-state index >= 15 is 0 Å². The lowest BCUT2D eigenvalue weighted by molar-refractivity contribution is 0.199. The van der Waals surface area contributed by atoms with Crippen LogP contribution in [0.2, 0.25) is 0 Å². The van der Waals surface area contributed by atoms with Crippen LogP contribution in [0.15, 0.2) is 39.9 Å². The molecule has 2 aliphatic rings. The summed E-state index contributed by atoms with van der Waals surface area (Å²) in [6.45, 7) is 5.01. The van der Waals surface area contributed by atoms with Gasteiger partial charge in [0.2, 0.25) is 0 Å². The van der Waals surface area contributed by atoms with Crippen molar-refractivity contribution in [2.45, 2.75) is 26.0 Å². The maximum atomic E-state index is 12.9. The topological polar surface area (TPSA) is 96.0 Å². The van der Waals surface area contributed by atoms with Crippen LogP contribution in [0.3, 0.4) is 0 Å². The summed E-state index contributed by atoms with van der Waals surface area (Å²) < 4.78 is 7.99. The van der Waals surface area contributed by atoms with Crippen molar-refractivity contribution < 1.29 is 4.74 Å². The summed E-state index contributed by atoms with van der Waals surface area (Å²) in [4.78, 5) is 35.9. The van der Waals surface area contributed by atoms with Crippen molar-refractivity contribution in [2.24, 2.45) is 0 Å². The van der Waals surface area contributed by atoms with Crippen LogP contribution in [0.5, 0.6) is 5.75 Å². The summed E-state index contributed by atoms with van der Waals surface area (Å²) >= 11 is 0. The lowest BCUT2D eigenvalue weighted by atomic mass is 10.1. The molecule has 0 saturated carbocycles. The number of aromatic nitrogens is 4. The Kier molecular flexibility index (Phi) is 3.67. The molecule has 8 heteroatoms. The van der Waals surface area contributed by atoms with Gasteiger partial charge in [0.05, 0.1) is 23.0 Å². The zero-order valence-corrected chi connectivity index (χ0v) is 16.6. The number of ether oxygens (including phenoxy) is 1. The standard InChI is InChI=1S/C22H21N5O3/c1-12-9-16-20-17(10-12)30-13-5-6-26(11-13)7-8-27-22(29)15-4-2-3-14(18(15)25-27)19(24-20)21(28)23-16/h2-4,9-10,13,25H,5-8,11H2,1H3,(H,23,28). The van der Waals surface area contributed by atoms with Gasteiger partial charge < -0.3 is 9.72 Å². The minimum atomic E-state index is -0.292. The van der Waals surface area contributed by atoms with E-state index in [4.69, 9.17) is 9.72 Å². The summed E-state index contributed by atoms with van der Waals surface area (Å²) in [5.41, 5.74) is 3.43. The predicted molar refractivity (Wildman–Crippen MR) is 114 cm³/mol. The third-order valence-corrected chi connectivity index (χ3v) is 6.11. The minimum absolute atomic E-state index is 0.0500. The van der Waals surface area contributed by atoms with Crippen molar-refractivity contribution in [3.05, 3.63) is 56.6 Å². The maximum absolute atomic E-state index is 12.9. The third kappa shape index (κ3) is 2.60. The molecule has 2 N–H and O–H groups in total. The van der Waals surface area contributed by atoms with Gasteiger partial charge >= 0.3 is 0 Å². The van der Waals surface area contributed by atoms with E-state index in [-0.39, 0.29) is 22.9 Å². The molecular formula is C22H21N5O3. The van der Waals surface area contributed by atoms with Crippen molar-refractivity contribution in [1.29, 1.82) is 0 Å². The van der Waals surface area contributed by atoms with Crippen LogP contribution >= 0.6 is 0 Å². The highest BCUT2D eigenvalue weighted by Gasteiger charge is 2.26. The molecule has 8 nitrogen and oxygen atoms in total. The van der Waals surface area contributed by atoms with E-state index in [9.17, 15) is 9.59 Å². The second-order valence-corrected chi connectivity index (χ2v) is 8.20. The molecule has 6 rings (SSSR count). The lowest BCUT2D eigenvalue weighted by Crippen LogP contribution is -2.30. The zero-order valence-electron chi connectivity index (χ0n) is 16.6. The molecular weight excluding hydrogens is 382 g/mol. The lowest BCUT2D eigenvalue weighted by Gasteiger charge is -2.18. The summed E-state index contributed by atoms with van der Waals surface area (Å²) in [5, 5.41) is 3.78. The Hall–Kier alpha value is -3.39. The SMILES string of the molecule is Cc1cc2c3nc(c(=O)[nH]c3c1)-c1cccc3c(=O)n([nH]c13)CCN1CCC(C1)O2. The van der Waals surface area contributed by atoms with E-state index in [1.54, 1.807) is 16.8 Å². The van der Waals surface area contributed by atoms with Crippen molar-refractivity contribution in [3.8, 4) is 17.0 Å². The van der Waals surface area contributed by atoms with Crippen LogP contribution in [0.25, 0.3) is 33.2 Å². The first-order valence-corrected chi connectivity index (χ1v) is 10.2. The molecule has 2 aliphatic heterocycles. The molecule has 0 amide bonds. The second kappa shape index (κ2) is 6.30. The van der Waals surface area contributed by atoms with Gasteiger partial charge in [-0.1, -0.05) is 12.1 Å². The Morgan fingerprint density at radius 1 is 1.17 bits per heavy atom. The molecule has 2 aromatic carbocycles. The normalized spacial score (nSPS) is 20.7. The fourth-order valence-corrected chi connectivity index (χ4v) is 4.63. The molecule has 0 spiro atoms. The van der Waals surface area contributed by atoms with Crippen LogP contribution in [0, 0.1) is 6.92 Å². The van der Waals surface area contributed by atoms with E-state index in [2.05, 4.69) is 15.0 Å². The van der Waals surface area contributed by atoms with E-state index in [1.165, 1.54) is 0 Å². The smallest absolute Gasteiger partial charge is 0.275 e. The van der Waals surface area contributed by atoms with E-state index in [0.717, 1.165) is 31.6 Å². The first-order chi connectivity index (χ1) is 14.6. The van der Waals surface area contributed by atoms with Gasteiger partial charge in [0, 0.05) is 25.2 Å². The van der Waals surface area contributed by atoms with Crippen LogP contribution in [-0.2, 0) is 6.54 Å². The Morgan fingerprint density at radius 3 is 2.97 bits per heavy atom. The Bertz CT molecular complexity index is 1430. The van der Waals surface area contributed by atoms with Crippen LogP contribution < -0.4 is 15.9 Å². The number of para-hydroxylation sites is 1. The van der Waals surface area contributed by atoms with Crippen LogP contribution in [-0.4, -0.2) is 50.4 Å². The molecule has 2 atom stereocenters. The van der Waals surface area contributed by atoms with Gasteiger partial charge in [-0.25, -0.2) is 4.98 Å². The summed E-state index contributed by atoms with van der Waals surface area (Å²) in [6, 6.07) is 9.28. The number of hydrogen-bond donors (Lipinski definition) is 2. The van der Waals surface area contributed by atoms with Crippen LogP contribution in [0.4, 0.5) is 0 Å². The largest absolute Gasteiger partial charge is 0.487 e. The van der Waals surface area contributed by atoms with Crippen molar-refractivity contribution >= 4 is 21.9 Å². The van der Waals surface area contributed by atoms with Crippen molar-refractivity contribution in [2.75, 3.05) is 19.6 Å². The summed E-state index contributed by atoms with van der Waals surface area (Å²) in [5.74, 6) is 0.685. The fourth-order valence-electron chi connectivity index (χ4n) is 4.63. The van der Waals surface area contributed by atoms with E-state index < -0.39 is 0 Å². The molecule has 0 radical (unpaired) electrons. The minimum Gasteiger partial charge on any atom is -0.487 e. The molecule has 2 unspecified atom stereocenters. The average Bonchev–Trinajstić information content (AvgIpc) is 3.29. The highest BCUT2D eigenvalue weighted by molar-refractivity contribution is 5.93.